The molecule has 26 heavy (non-hydrogen) atoms. The predicted molar refractivity (Wildman–Crippen MR) is 100 cm³/mol. The number of fused-ring (bicyclic) bond motifs is 1. The summed E-state index contributed by atoms with van der Waals surface area (Å²) in [5, 5.41) is 6.96. The van der Waals surface area contributed by atoms with E-state index in [0.29, 0.717) is 24.5 Å². The standard InChI is InChI=1S/C19H22ClN3O3/c1-18(2,3)26-17(25)23-19(8-9-21-16(19)24)11-12-4-5-13-6-7-15(20)22-14(13)10-12/h4-7,10H,8-9,11H2,1-3H3,(H,21,24)(H,23,25)/t19-/m1/s1. The number of ether oxygens (including phenoxy) is 1. The van der Waals surface area contributed by atoms with Gasteiger partial charge in [-0.3, -0.25) is 4.79 Å². The lowest BCUT2D eigenvalue weighted by atomic mass is 9.89. The van der Waals surface area contributed by atoms with E-state index in [0.717, 1.165) is 16.5 Å². The van der Waals surface area contributed by atoms with E-state index in [-0.39, 0.29) is 5.91 Å². The van der Waals surface area contributed by atoms with Crippen LogP contribution in [0.15, 0.2) is 30.3 Å². The molecule has 2 amide bonds. The molecule has 1 aromatic heterocycles. The molecule has 2 heterocycles. The average Bonchev–Trinajstić information content (AvgIpc) is 2.85. The zero-order chi connectivity index (χ0) is 18.9. The lowest BCUT2D eigenvalue weighted by molar-refractivity contribution is -0.124. The first-order valence-electron chi connectivity index (χ1n) is 8.52. The molecule has 0 spiro atoms. The van der Waals surface area contributed by atoms with Crippen molar-refractivity contribution in [3.8, 4) is 0 Å². The van der Waals surface area contributed by atoms with E-state index in [4.69, 9.17) is 16.3 Å². The van der Waals surface area contributed by atoms with Crippen LogP contribution < -0.4 is 10.6 Å². The molecular formula is C19H22ClN3O3. The maximum absolute atomic E-state index is 12.5. The highest BCUT2D eigenvalue weighted by molar-refractivity contribution is 6.29. The molecule has 0 saturated carbocycles. The molecule has 0 radical (unpaired) electrons. The van der Waals surface area contributed by atoms with Crippen molar-refractivity contribution in [1.29, 1.82) is 0 Å². The molecule has 3 rings (SSSR count). The van der Waals surface area contributed by atoms with Gasteiger partial charge < -0.3 is 15.4 Å². The molecule has 1 aromatic carbocycles. The number of hydrogen-bond acceptors (Lipinski definition) is 4. The second-order valence-corrected chi connectivity index (χ2v) is 7.94. The van der Waals surface area contributed by atoms with Crippen LogP contribution >= 0.6 is 11.6 Å². The van der Waals surface area contributed by atoms with E-state index in [1.54, 1.807) is 26.8 Å². The number of nitrogens with zero attached hydrogens (tertiary/aromatic N) is 1. The molecule has 1 aliphatic heterocycles. The normalized spacial score (nSPS) is 20.1. The highest BCUT2D eigenvalue weighted by Crippen LogP contribution is 2.25. The quantitative estimate of drug-likeness (QED) is 0.807. The number of hydrogen-bond donors (Lipinski definition) is 2. The molecule has 1 saturated heterocycles. The van der Waals surface area contributed by atoms with Crippen molar-refractivity contribution in [1.82, 2.24) is 15.6 Å². The van der Waals surface area contributed by atoms with Gasteiger partial charge in [-0.15, -0.1) is 0 Å². The fourth-order valence-electron chi connectivity index (χ4n) is 3.10. The average molecular weight is 376 g/mol. The summed E-state index contributed by atoms with van der Waals surface area (Å²) in [7, 11) is 0. The Bertz CT molecular complexity index is 863. The van der Waals surface area contributed by atoms with Crippen molar-refractivity contribution >= 4 is 34.5 Å². The topological polar surface area (TPSA) is 80.3 Å². The van der Waals surface area contributed by atoms with Gasteiger partial charge in [0.25, 0.3) is 0 Å². The molecule has 2 N–H and O–H groups in total. The summed E-state index contributed by atoms with van der Waals surface area (Å²) in [6, 6.07) is 9.39. The third-order valence-corrected chi connectivity index (χ3v) is 4.45. The summed E-state index contributed by atoms with van der Waals surface area (Å²) in [6.07, 6.45) is 0.241. The van der Waals surface area contributed by atoms with E-state index < -0.39 is 17.2 Å². The van der Waals surface area contributed by atoms with Crippen LogP contribution in [0.2, 0.25) is 5.15 Å². The number of carbonyl (C=O) groups is 2. The molecule has 1 fully saturated rings. The lowest BCUT2D eigenvalue weighted by Crippen LogP contribution is -2.56. The summed E-state index contributed by atoms with van der Waals surface area (Å²) in [4.78, 5) is 29.1. The Morgan fingerprint density at radius 3 is 2.73 bits per heavy atom. The minimum absolute atomic E-state index is 0.206. The molecule has 138 valence electrons. The van der Waals surface area contributed by atoms with Crippen LogP contribution in [0.25, 0.3) is 10.9 Å². The SMILES string of the molecule is CC(C)(C)OC(=O)N[C@@]1(Cc2ccc3ccc(Cl)nc3c2)CCNC1=O. The molecule has 0 unspecified atom stereocenters. The van der Waals surface area contributed by atoms with Crippen LogP contribution in [0, 0.1) is 0 Å². The number of aromatic nitrogens is 1. The molecule has 2 aromatic rings. The van der Waals surface area contributed by atoms with Crippen LogP contribution in [0.3, 0.4) is 0 Å². The minimum Gasteiger partial charge on any atom is -0.444 e. The largest absolute Gasteiger partial charge is 0.444 e. The van der Waals surface area contributed by atoms with Crippen LogP contribution in [0.1, 0.15) is 32.8 Å². The van der Waals surface area contributed by atoms with Gasteiger partial charge in [0.15, 0.2) is 0 Å². The maximum atomic E-state index is 12.5. The second kappa shape index (κ2) is 6.76. The monoisotopic (exact) mass is 375 g/mol. The van der Waals surface area contributed by atoms with Gasteiger partial charge in [-0.1, -0.05) is 23.7 Å². The Hall–Kier alpha value is -2.34. The summed E-state index contributed by atoms with van der Waals surface area (Å²) in [5.74, 6) is -0.206. The number of carbonyl (C=O) groups excluding carboxylic acids is 2. The highest BCUT2D eigenvalue weighted by Gasteiger charge is 2.44. The van der Waals surface area contributed by atoms with Gasteiger partial charge in [0, 0.05) is 18.4 Å². The zero-order valence-electron chi connectivity index (χ0n) is 15.1. The van der Waals surface area contributed by atoms with E-state index in [1.165, 1.54) is 0 Å². The second-order valence-electron chi connectivity index (χ2n) is 7.55. The number of alkyl carbamates (subject to hydrolysis) is 1. The minimum atomic E-state index is -1.03. The predicted octanol–water partition coefficient (Wildman–Crippen LogP) is 3.21. The van der Waals surface area contributed by atoms with Crippen molar-refractivity contribution < 1.29 is 14.3 Å². The van der Waals surface area contributed by atoms with Crippen LogP contribution in [0.4, 0.5) is 4.79 Å². The summed E-state index contributed by atoms with van der Waals surface area (Å²) < 4.78 is 5.34. The van der Waals surface area contributed by atoms with Gasteiger partial charge in [-0.2, -0.15) is 0 Å². The maximum Gasteiger partial charge on any atom is 0.408 e. The number of rotatable bonds is 3. The molecule has 0 bridgehead atoms. The Kier molecular flexibility index (Phi) is 4.80. The summed E-state index contributed by atoms with van der Waals surface area (Å²) in [5.41, 5.74) is -0.0281. The number of benzene rings is 1. The first kappa shape index (κ1) is 18.5. The van der Waals surface area contributed by atoms with Gasteiger partial charge >= 0.3 is 6.09 Å². The smallest absolute Gasteiger partial charge is 0.408 e. The van der Waals surface area contributed by atoms with E-state index in [9.17, 15) is 9.59 Å². The molecule has 6 nitrogen and oxygen atoms in total. The van der Waals surface area contributed by atoms with E-state index in [1.807, 2.05) is 24.3 Å². The van der Waals surface area contributed by atoms with Gasteiger partial charge in [-0.05, 0) is 51.0 Å². The lowest BCUT2D eigenvalue weighted by Gasteiger charge is -2.29. The number of halogens is 1. The Morgan fingerprint density at radius 2 is 2.08 bits per heavy atom. The van der Waals surface area contributed by atoms with Crippen molar-refractivity contribution in [2.45, 2.75) is 44.8 Å². The molecule has 0 aliphatic carbocycles. The summed E-state index contributed by atoms with van der Waals surface area (Å²) >= 11 is 5.97. The molecule has 7 heteroatoms. The Morgan fingerprint density at radius 1 is 1.35 bits per heavy atom. The van der Waals surface area contributed by atoms with E-state index >= 15 is 0 Å². The van der Waals surface area contributed by atoms with Gasteiger partial charge in [0.2, 0.25) is 5.91 Å². The van der Waals surface area contributed by atoms with E-state index in [2.05, 4.69) is 15.6 Å². The third kappa shape index (κ3) is 4.07. The molecule has 1 aliphatic rings. The van der Waals surface area contributed by atoms with Gasteiger partial charge in [-0.25, -0.2) is 9.78 Å². The fourth-order valence-corrected chi connectivity index (χ4v) is 3.25. The molecule has 1 atom stereocenters. The van der Waals surface area contributed by atoms with Gasteiger partial charge in [0.1, 0.15) is 16.3 Å². The number of nitrogens with one attached hydrogen (secondary N) is 2. The fraction of sp³-hybridized carbons (Fsp3) is 0.421. The third-order valence-electron chi connectivity index (χ3n) is 4.24. The first-order chi connectivity index (χ1) is 12.2. The Balaban J connectivity index is 1.87. The van der Waals surface area contributed by atoms with Crippen LogP contribution in [-0.4, -0.2) is 34.7 Å². The van der Waals surface area contributed by atoms with Crippen LogP contribution in [-0.2, 0) is 16.0 Å². The van der Waals surface area contributed by atoms with Crippen molar-refractivity contribution in [3.05, 3.63) is 41.0 Å². The van der Waals surface area contributed by atoms with Crippen molar-refractivity contribution in [3.63, 3.8) is 0 Å². The number of amides is 2. The van der Waals surface area contributed by atoms with Gasteiger partial charge in [0.05, 0.1) is 5.52 Å². The van der Waals surface area contributed by atoms with Crippen molar-refractivity contribution in [2.75, 3.05) is 6.54 Å². The first-order valence-corrected chi connectivity index (χ1v) is 8.89. The van der Waals surface area contributed by atoms with Crippen molar-refractivity contribution in [2.24, 2.45) is 0 Å². The zero-order valence-corrected chi connectivity index (χ0v) is 15.8. The highest BCUT2D eigenvalue weighted by atomic mass is 35.5. The number of pyridine rings is 1. The van der Waals surface area contributed by atoms with Crippen LogP contribution in [0.5, 0.6) is 0 Å². The Labute approximate surface area is 157 Å². The molecular weight excluding hydrogens is 354 g/mol. The summed E-state index contributed by atoms with van der Waals surface area (Å²) in [6.45, 7) is 5.86.